The van der Waals surface area contributed by atoms with Crippen LogP contribution < -0.4 is 10.6 Å². The lowest BCUT2D eigenvalue weighted by Gasteiger charge is -2.31. The van der Waals surface area contributed by atoms with E-state index in [2.05, 4.69) is 10.6 Å². The molecule has 9 heteroatoms. The zero-order valence-corrected chi connectivity index (χ0v) is 17.4. The monoisotopic (exact) mass is 411 g/mol. The molecule has 1 aliphatic heterocycles. The number of nitrogens with one attached hydrogen (secondary N) is 2. The molecule has 2 N–H and O–H groups in total. The van der Waals surface area contributed by atoms with Crippen molar-refractivity contribution in [1.29, 1.82) is 0 Å². The number of ether oxygens (including phenoxy) is 1. The maximum atomic E-state index is 12.6. The number of nitrogens with zero attached hydrogens (tertiary/aromatic N) is 1. The lowest BCUT2D eigenvalue weighted by atomic mass is 10.1. The average Bonchev–Trinajstić information content (AvgIpc) is 2.61. The summed E-state index contributed by atoms with van der Waals surface area (Å²) in [7, 11) is -3.49. The molecule has 2 amide bonds. The second-order valence-corrected chi connectivity index (χ2v) is 9.68. The number of alkyl carbamates (subject to hydrolysis) is 1. The van der Waals surface area contributed by atoms with Gasteiger partial charge in [0.2, 0.25) is 15.9 Å². The fourth-order valence-corrected chi connectivity index (χ4v) is 4.36. The van der Waals surface area contributed by atoms with E-state index in [1.165, 1.54) is 4.31 Å². The SMILES string of the molecule is CC(C)(C)OC(=O)NCCC(=O)NC1CCN(S(=O)(=O)c2ccccc2)CC1. The summed E-state index contributed by atoms with van der Waals surface area (Å²) in [6, 6.07) is 8.27. The number of amides is 2. The number of benzene rings is 1. The number of carbonyl (C=O) groups excluding carboxylic acids is 2. The topological polar surface area (TPSA) is 105 Å². The highest BCUT2D eigenvalue weighted by Gasteiger charge is 2.29. The Morgan fingerprint density at radius 1 is 1.14 bits per heavy atom. The van der Waals surface area contributed by atoms with Crippen molar-refractivity contribution >= 4 is 22.0 Å². The molecule has 1 saturated heterocycles. The van der Waals surface area contributed by atoms with Crippen LogP contribution in [0.5, 0.6) is 0 Å². The van der Waals surface area contributed by atoms with Crippen LogP contribution in [0.25, 0.3) is 0 Å². The molecule has 1 fully saturated rings. The molecule has 28 heavy (non-hydrogen) atoms. The highest BCUT2D eigenvalue weighted by atomic mass is 32.2. The van der Waals surface area contributed by atoms with Crippen molar-refractivity contribution in [2.75, 3.05) is 19.6 Å². The molecule has 0 spiro atoms. The number of hydrogen-bond donors (Lipinski definition) is 2. The second-order valence-electron chi connectivity index (χ2n) is 7.74. The van der Waals surface area contributed by atoms with E-state index in [1.807, 2.05) is 0 Å². The third-order valence-electron chi connectivity index (χ3n) is 4.22. The van der Waals surface area contributed by atoms with Crippen LogP contribution in [0.1, 0.15) is 40.0 Å². The van der Waals surface area contributed by atoms with Crippen LogP contribution in [0.4, 0.5) is 4.79 Å². The first-order valence-electron chi connectivity index (χ1n) is 9.39. The highest BCUT2D eigenvalue weighted by Crippen LogP contribution is 2.20. The van der Waals surface area contributed by atoms with E-state index >= 15 is 0 Å². The van der Waals surface area contributed by atoms with Gasteiger partial charge in [0.05, 0.1) is 4.90 Å². The summed E-state index contributed by atoms with van der Waals surface area (Å²) in [6.45, 7) is 6.20. The van der Waals surface area contributed by atoms with Gasteiger partial charge in [0.1, 0.15) is 5.60 Å². The molecule has 1 aliphatic rings. The minimum Gasteiger partial charge on any atom is -0.444 e. The van der Waals surface area contributed by atoms with Gasteiger partial charge in [-0.25, -0.2) is 13.2 Å². The van der Waals surface area contributed by atoms with Gasteiger partial charge in [-0.05, 0) is 45.7 Å². The van der Waals surface area contributed by atoms with Gasteiger partial charge in [0.15, 0.2) is 0 Å². The molecule has 0 bridgehead atoms. The Kier molecular flexibility index (Phi) is 7.42. The Hall–Kier alpha value is -2.13. The van der Waals surface area contributed by atoms with Crippen LogP contribution in [-0.4, -0.2) is 56.0 Å². The molecule has 1 heterocycles. The molecule has 0 aromatic heterocycles. The van der Waals surface area contributed by atoms with E-state index in [9.17, 15) is 18.0 Å². The van der Waals surface area contributed by atoms with Gasteiger partial charge < -0.3 is 15.4 Å². The summed E-state index contributed by atoms with van der Waals surface area (Å²) in [5, 5.41) is 5.44. The first-order valence-corrected chi connectivity index (χ1v) is 10.8. The van der Waals surface area contributed by atoms with Crippen LogP contribution in [0.3, 0.4) is 0 Å². The van der Waals surface area contributed by atoms with E-state index in [0.717, 1.165) is 0 Å². The third-order valence-corrected chi connectivity index (χ3v) is 6.13. The van der Waals surface area contributed by atoms with Gasteiger partial charge in [-0.1, -0.05) is 18.2 Å². The molecular weight excluding hydrogens is 382 g/mol. The smallest absolute Gasteiger partial charge is 0.407 e. The largest absolute Gasteiger partial charge is 0.444 e. The normalized spacial score (nSPS) is 16.4. The van der Waals surface area contributed by atoms with E-state index in [1.54, 1.807) is 51.1 Å². The fourth-order valence-electron chi connectivity index (χ4n) is 2.87. The van der Waals surface area contributed by atoms with Gasteiger partial charge >= 0.3 is 6.09 Å². The average molecular weight is 412 g/mol. The van der Waals surface area contributed by atoms with E-state index in [-0.39, 0.29) is 29.8 Å². The molecule has 0 radical (unpaired) electrons. The van der Waals surface area contributed by atoms with Crippen molar-refractivity contribution in [2.45, 2.75) is 56.6 Å². The summed E-state index contributed by atoms with van der Waals surface area (Å²) in [6.07, 6.45) is 0.691. The lowest BCUT2D eigenvalue weighted by Crippen LogP contribution is -2.47. The predicted molar refractivity (Wildman–Crippen MR) is 105 cm³/mol. The Morgan fingerprint density at radius 3 is 2.32 bits per heavy atom. The van der Waals surface area contributed by atoms with Crippen LogP contribution in [0, 0.1) is 0 Å². The number of piperidine rings is 1. The van der Waals surface area contributed by atoms with Crippen LogP contribution in [0.15, 0.2) is 35.2 Å². The molecule has 2 rings (SSSR count). The minimum absolute atomic E-state index is 0.0729. The zero-order chi connectivity index (χ0) is 20.8. The molecule has 156 valence electrons. The Balaban J connectivity index is 1.72. The Labute approximate surface area is 166 Å². The molecule has 1 aromatic carbocycles. The highest BCUT2D eigenvalue weighted by molar-refractivity contribution is 7.89. The molecule has 0 aliphatic carbocycles. The summed E-state index contributed by atoms with van der Waals surface area (Å²) in [4.78, 5) is 23.9. The number of hydrogen-bond acceptors (Lipinski definition) is 5. The summed E-state index contributed by atoms with van der Waals surface area (Å²) in [5.74, 6) is -0.180. The molecule has 0 atom stereocenters. The number of sulfonamides is 1. The summed E-state index contributed by atoms with van der Waals surface area (Å²) in [5.41, 5.74) is -0.583. The summed E-state index contributed by atoms with van der Waals surface area (Å²) < 4.78 is 31.8. The maximum Gasteiger partial charge on any atom is 0.407 e. The zero-order valence-electron chi connectivity index (χ0n) is 16.6. The van der Waals surface area contributed by atoms with Gasteiger partial charge in [-0.3, -0.25) is 4.79 Å². The van der Waals surface area contributed by atoms with Crippen LogP contribution >= 0.6 is 0 Å². The van der Waals surface area contributed by atoms with E-state index in [4.69, 9.17) is 4.74 Å². The number of carbonyl (C=O) groups is 2. The molecule has 0 unspecified atom stereocenters. The van der Waals surface area contributed by atoms with Crippen molar-refractivity contribution in [3.8, 4) is 0 Å². The first kappa shape index (κ1) is 22.2. The van der Waals surface area contributed by atoms with E-state index < -0.39 is 21.7 Å². The van der Waals surface area contributed by atoms with Crippen molar-refractivity contribution in [1.82, 2.24) is 14.9 Å². The maximum absolute atomic E-state index is 12.6. The van der Waals surface area contributed by atoms with Crippen LogP contribution in [-0.2, 0) is 19.6 Å². The quantitative estimate of drug-likeness (QED) is 0.744. The van der Waals surface area contributed by atoms with Crippen molar-refractivity contribution in [2.24, 2.45) is 0 Å². The van der Waals surface area contributed by atoms with Gasteiger partial charge in [-0.15, -0.1) is 0 Å². The van der Waals surface area contributed by atoms with Gasteiger partial charge in [0, 0.05) is 32.1 Å². The fraction of sp³-hybridized carbons (Fsp3) is 0.579. The number of rotatable bonds is 6. The minimum atomic E-state index is -3.49. The van der Waals surface area contributed by atoms with Crippen molar-refractivity contribution in [3.05, 3.63) is 30.3 Å². The van der Waals surface area contributed by atoms with E-state index in [0.29, 0.717) is 25.9 Å². The lowest BCUT2D eigenvalue weighted by molar-refractivity contribution is -0.121. The molecule has 1 aromatic rings. The standard InChI is InChI=1S/C19H29N3O5S/c1-19(2,3)27-18(24)20-12-9-17(23)21-15-10-13-22(14-11-15)28(25,26)16-7-5-4-6-8-16/h4-8,15H,9-14H2,1-3H3,(H,20,24)(H,21,23). The second kappa shape index (κ2) is 9.38. The Bertz CT molecular complexity index is 767. The van der Waals surface area contributed by atoms with Crippen molar-refractivity contribution < 1.29 is 22.7 Å². The first-order chi connectivity index (χ1) is 13.1. The van der Waals surface area contributed by atoms with Gasteiger partial charge in [-0.2, -0.15) is 4.31 Å². The molecule has 8 nitrogen and oxygen atoms in total. The van der Waals surface area contributed by atoms with Gasteiger partial charge in [0.25, 0.3) is 0 Å². The Morgan fingerprint density at radius 2 is 1.75 bits per heavy atom. The van der Waals surface area contributed by atoms with Crippen molar-refractivity contribution in [3.63, 3.8) is 0 Å². The van der Waals surface area contributed by atoms with Crippen LogP contribution in [0.2, 0.25) is 0 Å². The summed E-state index contributed by atoms with van der Waals surface area (Å²) >= 11 is 0. The third kappa shape index (κ3) is 6.79. The molecular formula is C19H29N3O5S. The molecule has 0 saturated carbocycles. The predicted octanol–water partition coefficient (Wildman–Crippen LogP) is 1.87.